The summed E-state index contributed by atoms with van der Waals surface area (Å²) in [4.78, 5) is 23.8. The van der Waals surface area contributed by atoms with Gasteiger partial charge in [-0.25, -0.2) is 0 Å². The van der Waals surface area contributed by atoms with Crippen LogP contribution in [0.1, 0.15) is 10.4 Å². The van der Waals surface area contributed by atoms with Crippen LogP contribution in [0, 0.1) is 0 Å². The number of halogens is 4. The smallest absolute Gasteiger partial charge is 0.258 e. The van der Waals surface area contributed by atoms with Gasteiger partial charge < -0.3 is 15.4 Å². The fourth-order valence-electron chi connectivity index (χ4n) is 1.93. The molecule has 2 aromatic rings. The molecule has 0 radical (unpaired) electrons. The number of ether oxygens (including phenoxy) is 1. The number of hydrogen-bond donors (Lipinski definition) is 2. The highest BCUT2D eigenvalue weighted by atomic mass is 35.5. The lowest BCUT2D eigenvalue weighted by Gasteiger charge is -2.10. The summed E-state index contributed by atoms with van der Waals surface area (Å²) in [6.07, 6.45) is 0. The third-order valence-electron chi connectivity index (χ3n) is 3.16. The molecule has 0 spiro atoms. The third-order valence-corrected chi connectivity index (χ3v) is 4.25. The first-order valence-corrected chi connectivity index (χ1v) is 8.96. The van der Waals surface area contributed by atoms with Gasteiger partial charge in [0.05, 0.1) is 15.6 Å². The second kappa shape index (κ2) is 9.88. The van der Waals surface area contributed by atoms with Crippen LogP contribution in [0.2, 0.25) is 20.1 Å². The van der Waals surface area contributed by atoms with Crippen LogP contribution in [-0.2, 0) is 4.79 Å². The van der Waals surface area contributed by atoms with E-state index in [9.17, 15) is 9.59 Å². The Hall–Kier alpha value is -1.66. The van der Waals surface area contributed by atoms with Crippen molar-refractivity contribution in [2.24, 2.45) is 0 Å². The van der Waals surface area contributed by atoms with Crippen LogP contribution in [0.4, 0.5) is 0 Å². The Morgan fingerprint density at radius 1 is 0.846 bits per heavy atom. The summed E-state index contributed by atoms with van der Waals surface area (Å²) >= 11 is 23.5. The molecule has 2 rings (SSSR count). The average molecular weight is 436 g/mol. The number of rotatable bonds is 7. The van der Waals surface area contributed by atoms with Crippen LogP contribution in [0.3, 0.4) is 0 Å². The summed E-state index contributed by atoms with van der Waals surface area (Å²) < 4.78 is 5.31. The van der Waals surface area contributed by atoms with Gasteiger partial charge in [-0.1, -0.05) is 46.4 Å². The second-order valence-corrected chi connectivity index (χ2v) is 6.78. The van der Waals surface area contributed by atoms with Gasteiger partial charge in [0, 0.05) is 23.1 Å². The number of nitrogens with one attached hydrogen (secondary N) is 2. The van der Waals surface area contributed by atoms with Crippen LogP contribution in [0.25, 0.3) is 0 Å². The van der Waals surface area contributed by atoms with Crippen molar-refractivity contribution < 1.29 is 14.3 Å². The lowest BCUT2D eigenvalue weighted by molar-refractivity contribution is -0.123. The summed E-state index contributed by atoms with van der Waals surface area (Å²) in [6.45, 7) is 0.227. The summed E-state index contributed by atoms with van der Waals surface area (Å²) in [7, 11) is 0. The number of benzene rings is 2. The molecule has 0 atom stereocenters. The number of hydrogen-bond acceptors (Lipinski definition) is 3. The molecule has 0 bridgehead atoms. The highest BCUT2D eigenvalue weighted by molar-refractivity contribution is 6.36. The van der Waals surface area contributed by atoms with E-state index in [0.717, 1.165) is 0 Å². The number of carbonyl (C=O) groups excluding carboxylic acids is 2. The Morgan fingerprint density at radius 3 is 2.23 bits per heavy atom. The molecule has 9 heteroatoms. The maximum atomic E-state index is 12.0. The van der Waals surface area contributed by atoms with E-state index in [2.05, 4.69) is 10.6 Å². The summed E-state index contributed by atoms with van der Waals surface area (Å²) in [5, 5.41) is 6.74. The predicted molar refractivity (Wildman–Crippen MR) is 104 cm³/mol. The van der Waals surface area contributed by atoms with Crippen LogP contribution < -0.4 is 15.4 Å². The van der Waals surface area contributed by atoms with E-state index in [-0.39, 0.29) is 37.1 Å². The summed E-state index contributed by atoms with van der Waals surface area (Å²) in [6, 6.07) is 9.31. The van der Waals surface area contributed by atoms with Crippen molar-refractivity contribution >= 4 is 58.2 Å². The van der Waals surface area contributed by atoms with Gasteiger partial charge in [-0.05, 0) is 36.4 Å². The molecule has 0 aliphatic heterocycles. The fourth-order valence-corrected chi connectivity index (χ4v) is 2.77. The monoisotopic (exact) mass is 434 g/mol. The van der Waals surface area contributed by atoms with Crippen molar-refractivity contribution in [1.29, 1.82) is 0 Å². The van der Waals surface area contributed by atoms with Crippen molar-refractivity contribution in [2.75, 3.05) is 19.7 Å². The highest BCUT2D eigenvalue weighted by Crippen LogP contribution is 2.27. The fraction of sp³-hybridized carbons (Fsp3) is 0.176. The number of amides is 2. The Morgan fingerprint density at radius 2 is 1.50 bits per heavy atom. The molecule has 0 aromatic heterocycles. The van der Waals surface area contributed by atoms with E-state index in [1.807, 2.05) is 0 Å². The Balaban J connectivity index is 1.71. The Kier molecular flexibility index (Phi) is 7.85. The molecule has 0 fully saturated rings. The Bertz CT molecular complexity index is 815. The highest BCUT2D eigenvalue weighted by Gasteiger charge is 2.11. The molecule has 0 heterocycles. The standard InChI is InChI=1S/C17H14Cl4N2O3/c18-10-1-3-13(20)12(7-10)17(25)23-6-5-22-16(24)9-26-15-4-2-11(19)8-14(15)21/h1-4,7-8H,5-6,9H2,(H,22,24)(H,23,25). The molecule has 26 heavy (non-hydrogen) atoms. The van der Waals surface area contributed by atoms with Gasteiger partial charge in [-0.3, -0.25) is 9.59 Å². The molecule has 0 saturated heterocycles. The van der Waals surface area contributed by atoms with Gasteiger partial charge in [0.1, 0.15) is 5.75 Å². The van der Waals surface area contributed by atoms with Crippen LogP contribution in [0.15, 0.2) is 36.4 Å². The minimum atomic E-state index is -0.379. The van der Waals surface area contributed by atoms with E-state index in [4.69, 9.17) is 51.1 Å². The topological polar surface area (TPSA) is 67.4 Å². The maximum absolute atomic E-state index is 12.0. The molecule has 0 unspecified atom stereocenters. The van der Waals surface area contributed by atoms with Crippen molar-refractivity contribution in [2.45, 2.75) is 0 Å². The lowest BCUT2D eigenvalue weighted by Crippen LogP contribution is -2.36. The molecule has 2 aromatic carbocycles. The van der Waals surface area contributed by atoms with Gasteiger partial charge in [0.15, 0.2) is 6.61 Å². The van der Waals surface area contributed by atoms with Gasteiger partial charge in [-0.15, -0.1) is 0 Å². The zero-order valence-corrected chi connectivity index (χ0v) is 16.3. The lowest BCUT2D eigenvalue weighted by atomic mass is 10.2. The van der Waals surface area contributed by atoms with Crippen molar-refractivity contribution in [1.82, 2.24) is 10.6 Å². The number of carbonyl (C=O) groups is 2. The summed E-state index contributed by atoms with van der Waals surface area (Å²) in [5.41, 5.74) is 0.270. The SMILES string of the molecule is O=C(COc1ccc(Cl)cc1Cl)NCCNC(=O)c1cc(Cl)ccc1Cl. The zero-order chi connectivity index (χ0) is 19.1. The molecule has 138 valence electrons. The van der Waals surface area contributed by atoms with Gasteiger partial charge in [0.2, 0.25) is 0 Å². The van der Waals surface area contributed by atoms with E-state index < -0.39 is 0 Å². The molecule has 2 N–H and O–H groups in total. The predicted octanol–water partition coefficient (Wildman–Crippen LogP) is 4.23. The molecule has 5 nitrogen and oxygen atoms in total. The normalized spacial score (nSPS) is 10.3. The minimum absolute atomic E-state index is 0.213. The second-order valence-electron chi connectivity index (χ2n) is 5.09. The van der Waals surface area contributed by atoms with Crippen LogP contribution in [-0.4, -0.2) is 31.5 Å². The van der Waals surface area contributed by atoms with Crippen molar-refractivity contribution in [3.8, 4) is 5.75 Å². The van der Waals surface area contributed by atoms with E-state index in [0.29, 0.717) is 25.8 Å². The first-order valence-electron chi connectivity index (χ1n) is 7.44. The van der Waals surface area contributed by atoms with Crippen molar-refractivity contribution in [3.63, 3.8) is 0 Å². The van der Waals surface area contributed by atoms with E-state index >= 15 is 0 Å². The Labute approximate surface area is 170 Å². The van der Waals surface area contributed by atoms with Gasteiger partial charge >= 0.3 is 0 Å². The molecule has 0 saturated carbocycles. The first-order chi connectivity index (χ1) is 12.4. The van der Waals surface area contributed by atoms with Gasteiger partial charge in [-0.2, -0.15) is 0 Å². The first kappa shape index (κ1) is 20.6. The minimum Gasteiger partial charge on any atom is -0.482 e. The third kappa shape index (κ3) is 6.25. The molecular formula is C17H14Cl4N2O3. The molecule has 0 aliphatic carbocycles. The summed E-state index contributed by atoms with van der Waals surface area (Å²) in [5.74, 6) is -0.378. The molecular weight excluding hydrogens is 422 g/mol. The zero-order valence-electron chi connectivity index (χ0n) is 13.3. The average Bonchev–Trinajstić information content (AvgIpc) is 2.60. The largest absolute Gasteiger partial charge is 0.482 e. The van der Waals surface area contributed by atoms with Crippen molar-refractivity contribution in [3.05, 3.63) is 62.1 Å². The van der Waals surface area contributed by atoms with Crippen LogP contribution >= 0.6 is 46.4 Å². The molecule has 0 aliphatic rings. The van der Waals surface area contributed by atoms with Gasteiger partial charge in [0.25, 0.3) is 11.8 Å². The quantitative estimate of drug-likeness (QED) is 0.639. The molecule has 2 amide bonds. The maximum Gasteiger partial charge on any atom is 0.258 e. The van der Waals surface area contributed by atoms with E-state index in [1.165, 1.54) is 12.1 Å². The van der Waals surface area contributed by atoms with E-state index in [1.54, 1.807) is 24.3 Å². The van der Waals surface area contributed by atoms with Crippen LogP contribution in [0.5, 0.6) is 5.75 Å².